The van der Waals surface area contributed by atoms with Crippen molar-refractivity contribution in [1.82, 2.24) is 5.32 Å². The zero-order chi connectivity index (χ0) is 19.1. The van der Waals surface area contributed by atoms with Gasteiger partial charge in [0.25, 0.3) is 5.91 Å². The van der Waals surface area contributed by atoms with Gasteiger partial charge in [0.15, 0.2) is 18.1 Å². The first-order valence-corrected chi connectivity index (χ1v) is 8.14. The van der Waals surface area contributed by atoms with Crippen LogP contribution in [0.3, 0.4) is 0 Å². The van der Waals surface area contributed by atoms with E-state index in [-0.39, 0.29) is 19.3 Å². The van der Waals surface area contributed by atoms with Gasteiger partial charge >= 0.3 is 5.97 Å². The maximum absolute atomic E-state index is 11.8. The van der Waals surface area contributed by atoms with Crippen molar-refractivity contribution in [2.24, 2.45) is 5.16 Å². The van der Waals surface area contributed by atoms with E-state index in [2.05, 4.69) is 15.2 Å². The van der Waals surface area contributed by atoms with Crippen molar-refractivity contribution >= 4 is 18.1 Å². The molecule has 0 atom stereocenters. The quantitative estimate of drug-likeness (QED) is 0.454. The van der Waals surface area contributed by atoms with Crippen LogP contribution < -0.4 is 14.8 Å². The minimum atomic E-state index is -0.408. The van der Waals surface area contributed by atoms with Crippen LogP contribution in [-0.4, -0.2) is 38.6 Å². The summed E-state index contributed by atoms with van der Waals surface area (Å²) in [6.07, 6.45) is 1.45. The topological polar surface area (TPSA) is 95.5 Å². The van der Waals surface area contributed by atoms with Crippen molar-refractivity contribution in [3.8, 4) is 11.5 Å². The number of carbonyl (C=O) groups excluding carboxylic acids is 2. The number of nitrogens with zero attached hydrogens (tertiary/aromatic N) is 1. The highest BCUT2D eigenvalue weighted by molar-refractivity contribution is 5.90. The summed E-state index contributed by atoms with van der Waals surface area (Å²) in [5.74, 6) is 0.655. The lowest BCUT2D eigenvalue weighted by Gasteiger charge is -2.05. The molecule has 2 aromatic rings. The molecule has 0 aliphatic carbocycles. The summed E-state index contributed by atoms with van der Waals surface area (Å²) < 4.78 is 15.1. The smallest absolute Gasteiger partial charge is 0.337 e. The number of hydrogen-bond acceptors (Lipinski definition) is 7. The first-order valence-electron chi connectivity index (χ1n) is 8.14. The van der Waals surface area contributed by atoms with E-state index in [4.69, 9.17) is 14.3 Å². The van der Waals surface area contributed by atoms with Gasteiger partial charge in [0.1, 0.15) is 0 Å². The molecule has 1 aliphatic rings. The number of oxime groups is 1. The van der Waals surface area contributed by atoms with E-state index in [1.54, 1.807) is 30.3 Å². The Morgan fingerprint density at radius 2 is 1.93 bits per heavy atom. The Bertz CT molecular complexity index is 848. The molecule has 2 aromatic carbocycles. The van der Waals surface area contributed by atoms with Crippen LogP contribution in [-0.2, 0) is 20.9 Å². The molecule has 3 rings (SSSR count). The number of esters is 1. The minimum absolute atomic E-state index is 0.207. The minimum Gasteiger partial charge on any atom is -0.465 e. The van der Waals surface area contributed by atoms with Crippen molar-refractivity contribution in [3.05, 3.63) is 59.2 Å². The molecular weight excluding hydrogens is 352 g/mol. The lowest BCUT2D eigenvalue weighted by Crippen LogP contribution is -2.26. The molecule has 0 saturated carbocycles. The Morgan fingerprint density at radius 3 is 2.70 bits per heavy atom. The van der Waals surface area contributed by atoms with Crippen molar-refractivity contribution < 1.29 is 28.6 Å². The Labute approximate surface area is 155 Å². The van der Waals surface area contributed by atoms with Gasteiger partial charge in [-0.2, -0.15) is 0 Å². The number of hydrogen-bond donors (Lipinski definition) is 1. The molecule has 8 heteroatoms. The number of nitrogens with one attached hydrogen (secondary N) is 1. The van der Waals surface area contributed by atoms with E-state index in [0.717, 1.165) is 11.1 Å². The number of carbonyl (C=O) groups is 2. The zero-order valence-electron chi connectivity index (χ0n) is 14.6. The van der Waals surface area contributed by atoms with Gasteiger partial charge in [-0.1, -0.05) is 23.4 Å². The van der Waals surface area contributed by atoms with Gasteiger partial charge in [-0.25, -0.2) is 4.79 Å². The van der Waals surface area contributed by atoms with Crippen LogP contribution in [0.25, 0.3) is 0 Å². The van der Waals surface area contributed by atoms with Gasteiger partial charge in [-0.05, 0) is 35.4 Å². The standard InChI is InChI=1S/C19H18N2O6/c1-24-19(23)15-5-2-13(3-6-15)10-21-27-11-18(22)20-9-14-4-7-16-17(8-14)26-12-25-16/h2-8,10H,9,11-12H2,1H3,(H,20,22). The number of rotatable bonds is 7. The fraction of sp³-hybridized carbons (Fsp3) is 0.211. The predicted molar refractivity (Wildman–Crippen MR) is 95.7 cm³/mol. The molecule has 0 saturated heterocycles. The van der Waals surface area contributed by atoms with Gasteiger partial charge in [0.2, 0.25) is 6.79 Å². The van der Waals surface area contributed by atoms with Gasteiger partial charge in [-0.3, -0.25) is 4.79 Å². The van der Waals surface area contributed by atoms with Gasteiger partial charge < -0.3 is 24.4 Å². The van der Waals surface area contributed by atoms with E-state index < -0.39 is 5.97 Å². The summed E-state index contributed by atoms with van der Waals surface area (Å²) in [5, 5.41) is 6.47. The summed E-state index contributed by atoms with van der Waals surface area (Å²) in [5.41, 5.74) is 2.06. The fourth-order valence-corrected chi connectivity index (χ4v) is 2.32. The summed E-state index contributed by atoms with van der Waals surface area (Å²) in [6.45, 7) is 0.348. The second kappa shape index (κ2) is 8.70. The molecule has 1 heterocycles. The van der Waals surface area contributed by atoms with Crippen molar-refractivity contribution in [3.63, 3.8) is 0 Å². The first-order chi connectivity index (χ1) is 13.2. The van der Waals surface area contributed by atoms with Crippen molar-refractivity contribution in [2.45, 2.75) is 6.54 Å². The summed E-state index contributed by atoms with van der Waals surface area (Å²) in [6, 6.07) is 12.1. The number of benzene rings is 2. The highest BCUT2D eigenvalue weighted by Crippen LogP contribution is 2.32. The molecule has 0 bridgehead atoms. The highest BCUT2D eigenvalue weighted by Gasteiger charge is 2.13. The third-order valence-corrected chi connectivity index (χ3v) is 3.73. The molecule has 0 radical (unpaired) electrons. The molecular formula is C19H18N2O6. The average Bonchev–Trinajstić information content (AvgIpc) is 3.17. The summed E-state index contributed by atoms with van der Waals surface area (Å²) in [4.78, 5) is 28.1. The lowest BCUT2D eigenvalue weighted by atomic mass is 10.1. The van der Waals surface area contributed by atoms with Crippen LogP contribution in [0.5, 0.6) is 11.5 Å². The molecule has 1 aliphatic heterocycles. The van der Waals surface area contributed by atoms with E-state index in [9.17, 15) is 9.59 Å². The van der Waals surface area contributed by atoms with Crippen LogP contribution in [0, 0.1) is 0 Å². The van der Waals surface area contributed by atoms with E-state index in [1.807, 2.05) is 12.1 Å². The van der Waals surface area contributed by atoms with Gasteiger partial charge in [-0.15, -0.1) is 0 Å². The average molecular weight is 370 g/mol. The third-order valence-electron chi connectivity index (χ3n) is 3.73. The molecule has 0 unspecified atom stereocenters. The van der Waals surface area contributed by atoms with Crippen LogP contribution in [0.2, 0.25) is 0 Å². The highest BCUT2D eigenvalue weighted by atomic mass is 16.7. The first kappa shape index (κ1) is 18.2. The van der Waals surface area contributed by atoms with Gasteiger partial charge in [0, 0.05) is 6.54 Å². The Hall–Kier alpha value is -3.55. The van der Waals surface area contributed by atoms with Crippen LogP contribution in [0.1, 0.15) is 21.5 Å². The van der Waals surface area contributed by atoms with Gasteiger partial charge in [0.05, 0.1) is 18.9 Å². The second-order valence-electron chi connectivity index (χ2n) is 5.59. The van der Waals surface area contributed by atoms with E-state index >= 15 is 0 Å². The number of methoxy groups -OCH3 is 1. The fourth-order valence-electron chi connectivity index (χ4n) is 2.32. The Balaban J connectivity index is 1.40. The molecule has 27 heavy (non-hydrogen) atoms. The molecule has 140 valence electrons. The van der Waals surface area contributed by atoms with E-state index in [0.29, 0.717) is 23.6 Å². The lowest BCUT2D eigenvalue weighted by molar-refractivity contribution is -0.125. The molecule has 1 amide bonds. The molecule has 0 spiro atoms. The van der Waals surface area contributed by atoms with Crippen LogP contribution in [0.15, 0.2) is 47.6 Å². The third kappa shape index (κ3) is 4.97. The largest absolute Gasteiger partial charge is 0.465 e. The summed E-state index contributed by atoms with van der Waals surface area (Å²) >= 11 is 0. The van der Waals surface area contributed by atoms with Crippen molar-refractivity contribution in [1.29, 1.82) is 0 Å². The SMILES string of the molecule is COC(=O)c1ccc(C=NOCC(=O)NCc2ccc3c(c2)OCO3)cc1. The van der Waals surface area contributed by atoms with Crippen LogP contribution >= 0.6 is 0 Å². The number of fused-ring (bicyclic) bond motifs is 1. The monoisotopic (exact) mass is 370 g/mol. The maximum atomic E-state index is 11.8. The zero-order valence-corrected chi connectivity index (χ0v) is 14.6. The normalized spacial score (nSPS) is 12.0. The number of ether oxygens (including phenoxy) is 3. The van der Waals surface area contributed by atoms with Crippen LogP contribution in [0.4, 0.5) is 0 Å². The van der Waals surface area contributed by atoms with Crippen molar-refractivity contribution in [2.75, 3.05) is 20.5 Å². The van der Waals surface area contributed by atoms with E-state index in [1.165, 1.54) is 13.3 Å². The number of amides is 1. The Kier molecular flexibility index (Phi) is 5.88. The molecule has 8 nitrogen and oxygen atoms in total. The second-order valence-corrected chi connectivity index (χ2v) is 5.59. The Morgan fingerprint density at radius 1 is 1.15 bits per heavy atom. The predicted octanol–water partition coefficient (Wildman–Crippen LogP) is 1.87. The summed E-state index contributed by atoms with van der Waals surface area (Å²) in [7, 11) is 1.32. The molecule has 0 fully saturated rings. The maximum Gasteiger partial charge on any atom is 0.337 e. The molecule has 0 aromatic heterocycles. The molecule has 1 N–H and O–H groups in total.